The Hall–Kier alpha value is -2.25. The normalized spacial score (nSPS) is 11.0. The highest BCUT2D eigenvalue weighted by atomic mass is 35.5. The summed E-state index contributed by atoms with van der Waals surface area (Å²) in [5.41, 5.74) is 1.32. The molecular weight excluding hydrogens is 352 g/mol. The minimum atomic E-state index is -3.34. The maximum Gasteiger partial charge on any atom is 0.255 e. The van der Waals surface area contributed by atoms with Crippen molar-refractivity contribution in [3.63, 3.8) is 0 Å². The van der Waals surface area contributed by atoms with Gasteiger partial charge in [0.1, 0.15) is 5.75 Å². The van der Waals surface area contributed by atoms with E-state index in [0.29, 0.717) is 27.7 Å². The fourth-order valence-electron chi connectivity index (χ4n) is 1.89. The molecule has 2 N–H and O–H groups in total. The maximum absolute atomic E-state index is 12.2. The van der Waals surface area contributed by atoms with Crippen molar-refractivity contribution in [2.24, 2.45) is 0 Å². The zero-order valence-corrected chi connectivity index (χ0v) is 14.7. The number of amides is 1. The predicted molar refractivity (Wildman–Crippen MR) is 95.5 cm³/mol. The van der Waals surface area contributed by atoms with Gasteiger partial charge < -0.3 is 10.1 Å². The molecule has 2 rings (SSSR count). The van der Waals surface area contributed by atoms with Crippen LogP contribution in [0, 0.1) is 0 Å². The highest BCUT2D eigenvalue weighted by Gasteiger charge is 2.10. The molecule has 24 heavy (non-hydrogen) atoms. The van der Waals surface area contributed by atoms with E-state index in [1.165, 1.54) is 31.4 Å². The van der Waals surface area contributed by atoms with Gasteiger partial charge in [-0.15, -0.1) is 0 Å². The van der Waals surface area contributed by atoms with Crippen molar-refractivity contribution in [1.82, 2.24) is 0 Å². The fraction of sp³-hybridized carbons (Fsp3) is 0.188. The van der Waals surface area contributed by atoms with E-state index in [1.807, 2.05) is 0 Å². The molecule has 0 radical (unpaired) electrons. The summed E-state index contributed by atoms with van der Waals surface area (Å²) in [6.07, 6.45) is 0. The molecule has 6 nitrogen and oxygen atoms in total. The van der Waals surface area contributed by atoms with Gasteiger partial charge in [0.25, 0.3) is 5.91 Å². The minimum absolute atomic E-state index is 0.0204. The van der Waals surface area contributed by atoms with Gasteiger partial charge in [0.05, 0.1) is 17.9 Å². The lowest BCUT2D eigenvalue weighted by atomic mass is 10.2. The summed E-state index contributed by atoms with van der Waals surface area (Å²) in [4.78, 5) is 12.2. The van der Waals surface area contributed by atoms with Crippen LogP contribution in [-0.2, 0) is 10.0 Å². The Bertz CT molecular complexity index is 836. The Morgan fingerprint density at radius 3 is 2.29 bits per heavy atom. The summed E-state index contributed by atoms with van der Waals surface area (Å²) in [5, 5.41) is 3.10. The van der Waals surface area contributed by atoms with E-state index < -0.39 is 10.0 Å². The van der Waals surface area contributed by atoms with E-state index in [1.54, 1.807) is 25.1 Å². The number of methoxy groups -OCH3 is 1. The summed E-state index contributed by atoms with van der Waals surface area (Å²) in [6.45, 7) is 1.55. The van der Waals surface area contributed by atoms with Crippen molar-refractivity contribution in [3.05, 3.63) is 53.1 Å². The second-order valence-corrected chi connectivity index (χ2v) is 7.30. The van der Waals surface area contributed by atoms with Gasteiger partial charge in [0, 0.05) is 16.9 Å². The highest BCUT2D eigenvalue weighted by molar-refractivity contribution is 7.92. The Morgan fingerprint density at radius 2 is 1.75 bits per heavy atom. The lowest BCUT2D eigenvalue weighted by molar-refractivity contribution is 0.102. The number of ether oxygens (including phenoxy) is 1. The van der Waals surface area contributed by atoms with E-state index in [-0.39, 0.29) is 11.7 Å². The molecule has 2 aromatic carbocycles. The van der Waals surface area contributed by atoms with Gasteiger partial charge >= 0.3 is 0 Å². The fourth-order valence-corrected chi connectivity index (χ4v) is 2.79. The van der Waals surface area contributed by atoms with Gasteiger partial charge in [-0.3, -0.25) is 9.52 Å². The molecule has 0 aliphatic heterocycles. The van der Waals surface area contributed by atoms with Crippen molar-refractivity contribution < 1.29 is 17.9 Å². The Balaban J connectivity index is 2.09. The monoisotopic (exact) mass is 368 g/mol. The molecule has 0 spiro atoms. The number of sulfonamides is 1. The molecule has 0 unspecified atom stereocenters. The van der Waals surface area contributed by atoms with Crippen LogP contribution in [0.15, 0.2) is 42.5 Å². The van der Waals surface area contributed by atoms with E-state index in [9.17, 15) is 13.2 Å². The minimum Gasteiger partial charge on any atom is -0.495 e. The van der Waals surface area contributed by atoms with Crippen molar-refractivity contribution in [2.45, 2.75) is 6.92 Å². The van der Waals surface area contributed by atoms with E-state index in [0.717, 1.165) is 0 Å². The van der Waals surface area contributed by atoms with E-state index >= 15 is 0 Å². The molecule has 0 saturated carbocycles. The molecule has 0 aromatic heterocycles. The van der Waals surface area contributed by atoms with Crippen LogP contribution >= 0.6 is 11.6 Å². The molecule has 8 heteroatoms. The second-order valence-electron chi connectivity index (χ2n) is 4.89. The Kier molecular flexibility index (Phi) is 5.69. The molecule has 1 amide bonds. The molecule has 0 saturated heterocycles. The molecule has 0 atom stereocenters. The van der Waals surface area contributed by atoms with Crippen molar-refractivity contribution >= 4 is 38.9 Å². The van der Waals surface area contributed by atoms with Crippen molar-refractivity contribution in [3.8, 4) is 5.75 Å². The summed E-state index contributed by atoms with van der Waals surface area (Å²) in [5.74, 6) is 0.163. The number of rotatable bonds is 6. The summed E-state index contributed by atoms with van der Waals surface area (Å²) < 4.78 is 30.5. The first-order valence-corrected chi connectivity index (χ1v) is 9.13. The smallest absolute Gasteiger partial charge is 0.255 e. The van der Waals surface area contributed by atoms with Crippen LogP contribution in [0.1, 0.15) is 17.3 Å². The predicted octanol–water partition coefficient (Wildman–Crippen LogP) is 3.36. The molecule has 0 bridgehead atoms. The number of carbonyl (C=O) groups is 1. The number of benzene rings is 2. The molecular formula is C16H17ClN2O4S. The first kappa shape index (κ1) is 18.1. The van der Waals surface area contributed by atoms with Gasteiger partial charge in [0.15, 0.2) is 0 Å². The third-order valence-corrected chi connectivity index (χ3v) is 4.81. The highest BCUT2D eigenvalue weighted by Crippen LogP contribution is 2.27. The van der Waals surface area contributed by atoms with Crippen LogP contribution in [0.3, 0.4) is 0 Å². The number of anilines is 2. The molecule has 128 valence electrons. The van der Waals surface area contributed by atoms with Crippen LogP contribution in [0.2, 0.25) is 5.02 Å². The van der Waals surface area contributed by atoms with Crippen LogP contribution in [0.25, 0.3) is 0 Å². The number of hydrogen-bond acceptors (Lipinski definition) is 4. The van der Waals surface area contributed by atoms with Crippen LogP contribution in [-0.4, -0.2) is 27.2 Å². The number of hydrogen-bond donors (Lipinski definition) is 2. The van der Waals surface area contributed by atoms with Gasteiger partial charge in [-0.1, -0.05) is 11.6 Å². The van der Waals surface area contributed by atoms with Gasteiger partial charge in [-0.05, 0) is 49.4 Å². The first-order valence-electron chi connectivity index (χ1n) is 7.10. The van der Waals surface area contributed by atoms with Crippen molar-refractivity contribution in [2.75, 3.05) is 22.9 Å². The number of carbonyl (C=O) groups excluding carboxylic acids is 1. The topological polar surface area (TPSA) is 84.5 Å². The van der Waals surface area contributed by atoms with Gasteiger partial charge in [-0.25, -0.2) is 8.42 Å². The first-order chi connectivity index (χ1) is 11.3. The standard InChI is InChI=1S/C16H17ClN2O4S/c1-3-24(21,22)19-12-6-4-11(5-7-12)16(20)18-13-8-9-15(23-2)14(17)10-13/h4-10,19H,3H2,1-2H3,(H,18,20). The largest absolute Gasteiger partial charge is 0.495 e. The molecule has 0 aliphatic rings. The van der Waals surface area contributed by atoms with Gasteiger partial charge in [0.2, 0.25) is 10.0 Å². The third-order valence-electron chi connectivity index (χ3n) is 3.21. The molecule has 0 fully saturated rings. The van der Waals surface area contributed by atoms with Crippen LogP contribution in [0.4, 0.5) is 11.4 Å². The zero-order valence-electron chi connectivity index (χ0n) is 13.2. The summed E-state index contributed by atoms with van der Waals surface area (Å²) in [7, 11) is -1.83. The Labute approximate surface area is 145 Å². The number of halogens is 1. The molecule has 0 aliphatic carbocycles. The summed E-state index contributed by atoms with van der Waals surface area (Å²) >= 11 is 6.01. The van der Waals surface area contributed by atoms with Gasteiger partial charge in [-0.2, -0.15) is 0 Å². The summed E-state index contributed by atoms with van der Waals surface area (Å²) in [6, 6.07) is 11.0. The lowest BCUT2D eigenvalue weighted by Gasteiger charge is -2.09. The average Bonchev–Trinajstić information content (AvgIpc) is 2.55. The second kappa shape index (κ2) is 7.55. The average molecular weight is 369 g/mol. The third kappa shape index (κ3) is 4.62. The number of nitrogens with one attached hydrogen (secondary N) is 2. The zero-order chi connectivity index (χ0) is 17.7. The van der Waals surface area contributed by atoms with E-state index in [2.05, 4.69) is 10.0 Å². The SMILES string of the molecule is CCS(=O)(=O)Nc1ccc(C(=O)Nc2ccc(OC)c(Cl)c2)cc1. The molecule has 2 aromatic rings. The van der Waals surface area contributed by atoms with E-state index in [4.69, 9.17) is 16.3 Å². The lowest BCUT2D eigenvalue weighted by Crippen LogP contribution is -2.15. The molecule has 0 heterocycles. The van der Waals surface area contributed by atoms with Crippen LogP contribution < -0.4 is 14.8 Å². The van der Waals surface area contributed by atoms with Crippen molar-refractivity contribution in [1.29, 1.82) is 0 Å². The Morgan fingerprint density at radius 1 is 1.12 bits per heavy atom. The van der Waals surface area contributed by atoms with Crippen LogP contribution in [0.5, 0.6) is 5.75 Å². The quantitative estimate of drug-likeness (QED) is 0.818. The maximum atomic E-state index is 12.2.